The molecule has 1 aromatic carbocycles. The highest BCUT2D eigenvalue weighted by Crippen LogP contribution is 2.28. The maximum absolute atomic E-state index is 10.2. The fraction of sp³-hybridized carbons (Fsp3) is 0.500. The molecule has 0 radical (unpaired) electrons. The Morgan fingerprint density at radius 1 is 1.50 bits per heavy atom. The largest absolute Gasteiger partial charge is 0.496 e. The highest BCUT2D eigenvalue weighted by molar-refractivity contribution is 6.30. The molecule has 5 nitrogen and oxygen atoms in total. The summed E-state index contributed by atoms with van der Waals surface area (Å²) in [4.78, 5) is 4.13. The standard InChI is InChI=1S/C14H22ClN3O2/c1-14(2,3)18-13(16)17-8-11(19)10-7-9(15)5-6-12(10)20-4/h5-7,11,19H,8H2,1-4H3,(H3,16,17,18). The van der Waals surface area contributed by atoms with Gasteiger partial charge in [0.25, 0.3) is 0 Å². The zero-order chi connectivity index (χ0) is 15.3. The summed E-state index contributed by atoms with van der Waals surface area (Å²) in [5.74, 6) is 0.858. The number of hydrogen-bond acceptors (Lipinski definition) is 3. The van der Waals surface area contributed by atoms with E-state index in [4.69, 9.17) is 22.1 Å². The van der Waals surface area contributed by atoms with Crippen LogP contribution in [0.2, 0.25) is 5.02 Å². The van der Waals surface area contributed by atoms with E-state index in [1.165, 1.54) is 7.11 Å². The number of nitrogens with two attached hydrogens (primary N) is 1. The van der Waals surface area contributed by atoms with Crippen molar-refractivity contribution in [3.8, 4) is 5.75 Å². The van der Waals surface area contributed by atoms with Crippen LogP contribution >= 0.6 is 11.6 Å². The first-order chi connectivity index (χ1) is 9.23. The molecule has 0 amide bonds. The Bertz CT molecular complexity index is 484. The summed E-state index contributed by atoms with van der Waals surface area (Å²) < 4.78 is 5.19. The maximum atomic E-state index is 10.2. The van der Waals surface area contributed by atoms with E-state index < -0.39 is 6.10 Å². The summed E-state index contributed by atoms with van der Waals surface area (Å²) in [6.45, 7) is 6.06. The number of nitrogens with zero attached hydrogens (tertiary/aromatic N) is 1. The Labute approximate surface area is 124 Å². The van der Waals surface area contributed by atoms with Gasteiger partial charge in [-0.1, -0.05) is 11.6 Å². The van der Waals surface area contributed by atoms with Crippen LogP contribution in [0.5, 0.6) is 5.75 Å². The smallest absolute Gasteiger partial charge is 0.189 e. The Kier molecular flexibility index (Phi) is 5.65. The third-order valence-electron chi connectivity index (χ3n) is 2.49. The summed E-state index contributed by atoms with van der Waals surface area (Å²) in [6, 6.07) is 5.07. The minimum atomic E-state index is -0.830. The van der Waals surface area contributed by atoms with Crippen molar-refractivity contribution >= 4 is 17.6 Å². The van der Waals surface area contributed by atoms with Crippen molar-refractivity contribution in [3.05, 3.63) is 28.8 Å². The number of methoxy groups -OCH3 is 1. The molecule has 1 atom stereocenters. The Hall–Kier alpha value is -1.46. The van der Waals surface area contributed by atoms with Gasteiger partial charge < -0.3 is 20.9 Å². The van der Waals surface area contributed by atoms with Crippen molar-refractivity contribution < 1.29 is 9.84 Å². The maximum Gasteiger partial charge on any atom is 0.189 e. The van der Waals surface area contributed by atoms with E-state index in [0.29, 0.717) is 16.3 Å². The van der Waals surface area contributed by atoms with E-state index in [0.717, 1.165) is 0 Å². The minimum Gasteiger partial charge on any atom is -0.496 e. The number of aliphatic hydroxyl groups is 1. The molecule has 6 heteroatoms. The summed E-state index contributed by atoms with van der Waals surface area (Å²) >= 11 is 5.93. The number of rotatable bonds is 4. The second-order valence-corrected chi connectivity index (χ2v) is 5.94. The average Bonchev–Trinajstić information content (AvgIpc) is 2.33. The van der Waals surface area contributed by atoms with E-state index in [1.54, 1.807) is 18.2 Å². The highest BCUT2D eigenvalue weighted by atomic mass is 35.5. The molecule has 4 N–H and O–H groups in total. The lowest BCUT2D eigenvalue weighted by atomic mass is 10.1. The van der Waals surface area contributed by atoms with Crippen molar-refractivity contribution in [1.29, 1.82) is 0 Å². The first-order valence-corrected chi connectivity index (χ1v) is 6.70. The normalized spacial score (nSPS) is 14.0. The Morgan fingerprint density at radius 2 is 2.15 bits per heavy atom. The van der Waals surface area contributed by atoms with E-state index in [9.17, 15) is 5.11 Å². The van der Waals surface area contributed by atoms with Gasteiger partial charge in [0.2, 0.25) is 0 Å². The number of halogens is 1. The first kappa shape index (κ1) is 16.6. The fourth-order valence-electron chi connectivity index (χ4n) is 1.67. The summed E-state index contributed by atoms with van der Waals surface area (Å²) in [6.07, 6.45) is -0.830. The topological polar surface area (TPSA) is 79.9 Å². The van der Waals surface area contributed by atoms with Gasteiger partial charge in [0, 0.05) is 16.1 Å². The third kappa shape index (κ3) is 5.27. The van der Waals surface area contributed by atoms with Gasteiger partial charge in [-0.2, -0.15) is 0 Å². The van der Waals surface area contributed by atoms with Crippen molar-refractivity contribution in [1.82, 2.24) is 5.32 Å². The molecule has 0 heterocycles. The van der Waals surface area contributed by atoms with Gasteiger partial charge in [-0.05, 0) is 39.0 Å². The van der Waals surface area contributed by atoms with Crippen LogP contribution in [-0.2, 0) is 0 Å². The lowest BCUT2D eigenvalue weighted by Crippen LogP contribution is -2.45. The zero-order valence-corrected chi connectivity index (χ0v) is 13.0. The predicted molar refractivity (Wildman–Crippen MR) is 82.3 cm³/mol. The van der Waals surface area contributed by atoms with Gasteiger partial charge in [0.15, 0.2) is 5.96 Å². The molecule has 0 aliphatic carbocycles. The molecule has 0 spiro atoms. The van der Waals surface area contributed by atoms with Crippen LogP contribution in [0.3, 0.4) is 0 Å². The number of ether oxygens (including phenoxy) is 1. The van der Waals surface area contributed by atoms with Crippen molar-refractivity contribution in [2.24, 2.45) is 10.7 Å². The van der Waals surface area contributed by atoms with Gasteiger partial charge >= 0.3 is 0 Å². The molecule has 0 aromatic heterocycles. The molecule has 1 rings (SSSR count). The molecule has 0 saturated heterocycles. The second-order valence-electron chi connectivity index (χ2n) is 5.50. The van der Waals surface area contributed by atoms with E-state index in [1.807, 2.05) is 20.8 Å². The molecule has 0 saturated carbocycles. The molecular weight excluding hydrogens is 278 g/mol. The fourth-order valence-corrected chi connectivity index (χ4v) is 1.85. The Balaban J connectivity index is 2.79. The van der Waals surface area contributed by atoms with Crippen LogP contribution in [0.1, 0.15) is 32.4 Å². The summed E-state index contributed by atoms with van der Waals surface area (Å²) in [5.41, 5.74) is 6.17. The monoisotopic (exact) mass is 299 g/mol. The quantitative estimate of drug-likeness (QED) is 0.587. The van der Waals surface area contributed by atoms with Crippen LogP contribution in [0.15, 0.2) is 23.2 Å². The van der Waals surface area contributed by atoms with Gasteiger partial charge in [-0.15, -0.1) is 0 Å². The minimum absolute atomic E-state index is 0.131. The van der Waals surface area contributed by atoms with Gasteiger partial charge in [-0.3, -0.25) is 4.99 Å². The van der Waals surface area contributed by atoms with Gasteiger partial charge in [0.05, 0.1) is 13.7 Å². The van der Waals surface area contributed by atoms with Crippen LogP contribution in [0, 0.1) is 0 Å². The first-order valence-electron chi connectivity index (χ1n) is 6.32. The molecule has 112 valence electrons. The van der Waals surface area contributed by atoms with Crippen LogP contribution in [0.4, 0.5) is 0 Å². The molecule has 0 bridgehead atoms. The van der Waals surface area contributed by atoms with Crippen LogP contribution in [-0.4, -0.2) is 30.3 Å². The van der Waals surface area contributed by atoms with Crippen molar-refractivity contribution in [2.45, 2.75) is 32.4 Å². The van der Waals surface area contributed by atoms with E-state index in [2.05, 4.69) is 10.3 Å². The third-order valence-corrected chi connectivity index (χ3v) is 2.72. The molecular formula is C14H22ClN3O2. The predicted octanol–water partition coefficient (Wildman–Crippen LogP) is 2.08. The SMILES string of the molecule is COc1ccc(Cl)cc1C(O)CN=C(N)NC(C)(C)C. The van der Waals surface area contributed by atoms with Crippen LogP contribution < -0.4 is 15.8 Å². The zero-order valence-electron chi connectivity index (χ0n) is 12.3. The number of hydrogen-bond donors (Lipinski definition) is 3. The molecule has 0 aliphatic rings. The highest BCUT2D eigenvalue weighted by Gasteiger charge is 2.15. The molecule has 1 aromatic rings. The van der Waals surface area contributed by atoms with E-state index in [-0.39, 0.29) is 18.0 Å². The Morgan fingerprint density at radius 3 is 2.70 bits per heavy atom. The van der Waals surface area contributed by atoms with Gasteiger partial charge in [0.1, 0.15) is 11.9 Å². The van der Waals surface area contributed by atoms with Crippen molar-refractivity contribution in [3.63, 3.8) is 0 Å². The lowest BCUT2D eigenvalue weighted by molar-refractivity contribution is 0.182. The summed E-state index contributed by atoms with van der Waals surface area (Å²) in [7, 11) is 1.54. The number of aliphatic hydroxyl groups excluding tert-OH is 1. The second kappa shape index (κ2) is 6.81. The molecule has 20 heavy (non-hydrogen) atoms. The molecule has 0 fully saturated rings. The molecule has 1 unspecified atom stereocenters. The number of nitrogens with one attached hydrogen (secondary N) is 1. The van der Waals surface area contributed by atoms with Gasteiger partial charge in [-0.25, -0.2) is 0 Å². The number of benzene rings is 1. The van der Waals surface area contributed by atoms with Crippen molar-refractivity contribution in [2.75, 3.05) is 13.7 Å². The lowest BCUT2D eigenvalue weighted by Gasteiger charge is -2.21. The molecule has 0 aliphatic heterocycles. The number of guanidine groups is 1. The number of aliphatic imine (C=N–C) groups is 1. The average molecular weight is 300 g/mol. The van der Waals surface area contributed by atoms with Crippen LogP contribution in [0.25, 0.3) is 0 Å². The summed E-state index contributed by atoms with van der Waals surface area (Å²) in [5, 5.41) is 13.7. The van der Waals surface area contributed by atoms with E-state index >= 15 is 0 Å².